The van der Waals surface area contributed by atoms with Gasteiger partial charge in [0.25, 0.3) is 0 Å². The highest BCUT2D eigenvalue weighted by atomic mass is 16.3. The smallest absolute Gasteiger partial charge is 0.134 e. The maximum atomic E-state index is 9.50. The summed E-state index contributed by atoms with van der Waals surface area (Å²) in [6, 6.07) is 6.41. The third kappa shape index (κ3) is 1.40. The minimum Gasteiger partial charge on any atom is -0.508 e. The van der Waals surface area contributed by atoms with Crippen molar-refractivity contribution in [3.63, 3.8) is 0 Å². The van der Waals surface area contributed by atoms with Crippen LogP contribution in [0.5, 0.6) is 5.75 Å². The molecule has 0 bridgehead atoms. The van der Waals surface area contributed by atoms with Gasteiger partial charge in [0.2, 0.25) is 0 Å². The fourth-order valence-corrected chi connectivity index (χ4v) is 2.41. The standard InChI is InChI=1S/C13H13NO/c1-14(10-4-5-10)13-7-3-9-2-6-11(15)8-12(9)13/h2,6,8,10,13,15H,3,7H2,1H3. The van der Waals surface area contributed by atoms with Crippen LogP contribution in [-0.4, -0.2) is 23.1 Å². The molecule has 1 unspecified atom stereocenters. The molecular formula is C13H13NO. The molecule has 1 aromatic rings. The SMILES string of the molecule is CN(C1C#C1)C1CCc2ccc(O)cc21. The normalized spacial score (nSPS) is 22.4. The molecule has 0 aliphatic heterocycles. The van der Waals surface area contributed by atoms with E-state index in [1.54, 1.807) is 6.07 Å². The highest BCUT2D eigenvalue weighted by molar-refractivity contribution is 5.43. The Hall–Kier alpha value is -1.46. The van der Waals surface area contributed by atoms with Gasteiger partial charge in [-0.3, -0.25) is 4.90 Å². The van der Waals surface area contributed by atoms with Gasteiger partial charge in [0.05, 0.1) is 0 Å². The number of rotatable bonds is 2. The van der Waals surface area contributed by atoms with Gasteiger partial charge in [0, 0.05) is 6.04 Å². The van der Waals surface area contributed by atoms with E-state index in [9.17, 15) is 5.11 Å². The van der Waals surface area contributed by atoms with Crippen LogP contribution in [0.25, 0.3) is 0 Å². The van der Waals surface area contributed by atoms with Crippen LogP contribution in [0.2, 0.25) is 0 Å². The average Bonchev–Trinajstić information content (AvgIpc) is 2.98. The first kappa shape index (κ1) is 8.82. The van der Waals surface area contributed by atoms with Crippen molar-refractivity contribution in [1.29, 1.82) is 0 Å². The number of aromatic hydroxyl groups is 1. The monoisotopic (exact) mass is 199 g/mol. The number of hydrogen-bond acceptors (Lipinski definition) is 2. The first-order valence-corrected chi connectivity index (χ1v) is 5.30. The molecule has 1 atom stereocenters. The second-order valence-corrected chi connectivity index (χ2v) is 4.29. The molecule has 2 heteroatoms. The van der Waals surface area contributed by atoms with E-state index >= 15 is 0 Å². The number of hydrogen-bond donors (Lipinski definition) is 1. The molecule has 15 heavy (non-hydrogen) atoms. The Kier molecular flexibility index (Phi) is 1.77. The molecule has 0 heterocycles. The van der Waals surface area contributed by atoms with E-state index in [2.05, 4.69) is 23.8 Å². The summed E-state index contributed by atoms with van der Waals surface area (Å²) in [5.41, 5.74) is 2.64. The molecule has 0 amide bonds. The first-order chi connectivity index (χ1) is 7.25. The van der Waals surface area contributed by atoms with E-state index in [0.29, 0.717) is 17.8 Å². The fourth-order valence-electron chi connectivity index (χ4n) is 2.41. The molecule has 0 aromatic heterocycles. The third-order valence-corrected chi connectivity index (χ3v) is 3.35. The van der Waals surface area contributed by atoms with Crippen LogP contribution in [0, 0.1) is 11.8 Å². The van der Waals surface area contributed by atoms with Crippen LogP contribution in [0.15, 0.2) is 18.2 Å². The molecular weight excluding hydrogens is 186 g/mol. The Morgan fingerprint density at radius 3 is 2.93 bits per heavy atom. The summed E-state index contributed by atoms with van der Waals surface area (Å²) in [6.45, 7) is 0. The second-order valence-electron chi connectivity index (χ2n) is 4.29. The van der Waals surface area contributed by atoms with E-state index < -0.39 is 0 Å². The van der Waals surface area contributed by atoms with Crippen molar-refractivity contribution in [2.24, 2.45) is 0 Å². The maximum Gasteiger partial charge on any atom is 0.134 e. The Morgan fingerprint density at radius 2 is 2.20 bits per heavy atom. The van der Waals surface area contributed by atoms with Crippen LogP contribution in [-0.2, 0) is 6.42 Å². The van der Waals surface area contributed by atoms with Gasteiger partial charge in [-0.15, -0.1) is 0 Å². The minimum absolute atomic E-state index is 0.295. The second kappa shape index (κ2) is 3.01. The summed E-state index contributed by atoms with van der Waals surface area (Å²) in [5, 5.41) is 9.50. The molecule has 3 rings (SSSR count). The summed E-state index contributed by atoms with van der Waals surface area (Å²) in [4.78, 5) is 2.27. The minimum atomic E-state index is 0.295. The molecule has 76 valence electrons. The lowest BCUT2D eigenvalue weighted by Crippen LogP contribution is -2.27. The van der Waals surface area contributed by atoms with E-state index in [-0.39, 0.29) is 0 Å². The lowest BCUT2D eigenvalue weighted by molar-refractivity contribution is 0.251. The van der Waals surface area contributed by atoms with E-state index in [1.165, 1.54) is 11.1 Å². The van der Waals surface area contributed by atoms with Crippen molar-refractivity contribution in [1.82, 2.24) is 4.90 Å². The quantitative estimate of drug-likeness (QED) is 0.733. The van der Waals surface area contributed by atoms with Crippen molar-refractivity contribution in [2.45, 2.75) is 24.9 Å². The van der Waals surface area contributed by atoms with Crippen LogP contribution < -0.4 is 0 Å². The van der Waals surface area contributed by atoms with Gasteiger partial charge >= 0.3 is 0 Å². The molecule has 0 saturated carbocycles. The summed E-state index contributed by atoms with van der Waals surface area (Å²) in [7, 11) is 2.10. The predicted octanol–water partition coefficient (Wildman–Crippen LogP) is 1.70. The van der Waals surface area contributed by atoms with Crippen molar-refractivity contribution in [3.05, 3.63) is 29.3 Å². The van der Waals surface area contributed by atoms with Crippen LogP contribution >= 0.6 is 0 Å². The number of aryl methyl sites for hydroxylation is 1. The molecule has 2 aliphatic carbocycles. The Bertz CT molecular complexity index is 461. The predicted molar refractivity (Wildman–Crippen MR) is 58.5 cm³/mol. The van der Waals surface area contributed by atoms with Gasteiger partial charge in [-0.05, 0) is 43.1 Å². The van der Waals surface area contributed by atoms with Crippen molar-refractivity contribution < 1.29 is 5.11 Å². The Morgan fingerprint density at radius 1 is 1.40 bits per heavy atom. The molecule has 0 spiro atoms. The number of phenolic OH excluding ortho intramolecular Hbond substituents is 1. The molecule has 1 N–H and O–H groups in total. The third-order valence-electron chi connectivity index (χ3n) is 3.35. The van der Waals surface area contributed by atoms with Gasteiger partial charge < -0.3 is 5.11 Å². The zero-order valence-electron chi connectivity index (χ0n) is 8.70. The summed E-state index contributed by atoms with van der Waals surface area (Å²) in [5.74, 6) is 6.51. The fraction of sp³-hybridized carbons (Fsp3) is 0.385. The molecule has 2 aliphatic rings. The van der Waals surface area contributed by atoms with Crippen LogP contribution in [0.4, 0.5) is 0 Å². The zero-order chi connectivity index (χ0) is 10.4. The van der Waals surface area contributed by atoms with Crippen LogP contribution in [0.3, 0.4) is 0 Å². The van der Waals surface area contributed by atoms with E-state index in [1.807, 2.05) is 12.1 Å². The van der Waals surface area contributed by atoms with Gasteiger partial charge in [-0.2, -0.15) is 0 Å². The van der Waals surface area contributed by atoms with Crippen molar-refractivity contribution in [3.8, 4) is 17.6 Å². The van der Waals surface area contributed by atoms with E-state index in [4.69, 9.17) is 0 Å². The average molecular weight is 199 g/mol. The summed E-state index contributed by atoms with van der Waals surface area (Å²) in [6.07, 6.45) is 2.24. The van der Waals surface area contributed by atoms with Gasteiger partial charge in [0.15, 0.2) is 0 Å². The maximum absolute atomic E-state index is 9.50. The van der Waals surface area contributed by atoms with Gasteiger partial charge in [-0.25, -0.2) is 0 Å². The topological polar surface area (TPSA) is 23.5 Å². The highest BCUT2D eigenvalue weighted by Gasteiger charge is 2.31. The molecule has 0 saturated heterocycles. The largest absolute Gasteiger partial charge is 0.508 e. The first-order valence-electron chi connectivity index (χ1n) is 5.30. The molecule has 0 fully saturated rings. The van der Waals surface area contributed by atoms with Gasteiger partial charge in [-0.1, -0.05) is 17.9 Å². The molecule has 1 aromatic carbocycles. The Labute approximate surface area is 89.5 Å². The van der Waals surface area contributed by atoms with Gasteiger partial charge in [0.1, 0.15) is 11.8 Å². The number of phenols is 1. The summed E-state index contributed by atoms with van der Waals surface area (Å²) >= 11 is 0. The van der Waals surface area contributed by atoms with Crippen molar-refractivity contribution in [2.75, 3.05) is 7.05 Å². The van der Waals surface area contributed by atoms with Crippen LogP contribution in [0.1, 0.15) is 23.6 Å². The lowest BCUT2D eigenvalue weighted by Gasteiger charge is -2.24. The number of nitrogens with zero attached hydrogens (tertiary/aromatic N) is 1. The van der Waals surface area contributed by atoms with Crippen molar-refractivity contribution >= 4 is 0 Å². The van der Waals surface area contributed by atoms with E-state index in [0.717, 1.165) is 12.8 Å². The number of benzene rings is 1. The molecule has 2 nitrogen and oxygen atoms in total. The number of fused-ring (bicyclic) bond motifs is 1. The highest BCUT2D eigenvalue weighted by Crippen LogP contribution is 2.38. The zero-order valence-corrected chi connectivity index (χ0v) is 8.70. The molecule has 0 radical (unpaired) electrons. The Balaban J connectivity index is 1.92. The summed E-state index contributed by atoms with van der Waals surface area (Å²) < 4.78 is 0. The lowest BCUT2D eigenvalue weighted by atomic mass is 10.1.